The molecular formula is C20H18Cl2N2O3S. The molecule has 1 amide bonds. The van der Waals surface area contributed by atoms with Gasteiger partial charge in [-0.15, -0.1) is 0 Å². The van der Waals surface area contributed by atoms with Crippen molar-refractivity contribution in [3.05, 3.63) is 46.2 Å². The van der Waals surface area contributed by atoms with Gasteiger partial charge in [-0.1, -0.05) is 47.8 Å². The molecule has 2 fully saturated rings. The molecule has 2 atom stereocenters. The van der Waals surface area contributed by atoms with Crippen LogP contribution >= 0.6 is 35.0 Å². The first-order valence-electron chi connectivity index (χ1n) is 9.30. The molecule has 1 saturated heterocycles. The molecule has 8 heteroatoms. The van der Waals surface area contributed by atoms with Crippen molar-refractivity contribution in [1.82, 2.24) is 4.98 Å². The minimum Gasteiger partial charge on any atom is -0.338 e. The summed E-state index contributed by atoms with van der Waals surface area (Å²) in [4.78, 5) is 18.4. The Morgan fingerprint density at radius 3 is 2.75 bits per heavy atom. The van der Waals surface area contributed by atoms with Crippen molar-refractivity contribution in [3.8, 4) is 0 Å². The summed E-state index contributed by atoms with van der Waals surface area (Å²) >= 11 is 13.9. The molecule has 28 heavy (non-hydrogen) atoms. The molecule has 146 valence electrons. The molecule has 3 aliphatic rings. The number of ether oxygens (including phenoxy) is 2. The lowest BCUT2D eigenvalue weighted by Crippen LogP contribution is -2.47. The number of nitrogens with zero attached hydrogens (tertiary/aromatic N) is 1. The number of fused-ring (bicyclic) bond motifs is 2. The van der Waals surface area contributed by atoms with Gasteiger partial charge in [0.2, 0.25) is 0 Å². The monoisotopic (exact) mass is 436 g/mol. The third kappa shape index (κ3) is 3.31. The van der Waals surface area contributed by atoms with Crippen LogP contribution in [0.25, 0.3) is 0 Å². The molecule has 0 bridgehead atoms. The van der Waals surface area contributed by atoms with E-state index in [-0.39, 0.29) is 12.0 Å². The second-order valence-electron chi connectivity index (χ2n) is 7.37. The highest BCUT2D eigenvalue weighted by molar-refractivity contribution is 7.99. The summed E-state index contributed by atoms with van der Waals surface area (Å²) in [5, 5.41) is 3.87. The maximum atomic E-state index is 12.8. The Hall–Kier alpha value is -1.31. The molecule has 1 unspecified atom stereocenters. The van der Waals surface area contributed by atoms with E-state index in [1.807, 2.05) is 18.2 Å². The molecule has 1 N–H and O–H groups in total. The second-order valence-corrected chi connectivity index (χ2v) is 9.27. The van der Waals surface area contributed by atoms with Crippen molar-refractivity contribution in [2.45, 2.75) is 47.4 Å². The number of benzene rings is 1. The number of pyridine rings is 1. The lowest BCUT2D eigenvalue weighted by atomic mass is 10.0. The fourth-order valence-electron chi connectivity index (χ4n) is 3.72. The number of aromatic nitrogens is 1. The molecule has 1 aliphatic carbocycles. The summed E-state index contributed by atoms with van der Waals surface area (Å²) in [6, 6.07) is 5.70. The van der Waals surface area contributed by atoms with Crippen molar-refractivity contribution in [1.29, 1.82) is 0 Å². The first-order valence-corrected chi connectivity index (χ1v) is 10.9. The highest BCUT2D eigenvalue weighted by atomic mass is 35.5. The standard InChI is InChI=1S/C20H18Cl2N2O3S/c21-15-9-23-10-16(22)18(15)28-13-3-4-17-14(8-13)20(19(25)24-17)26-6-5-12(27-20)7-11-1-2-11/h3-4,8-12H,1-2,5-7H2,(H,24,25)/t12?,20-/m1/s1. The largest absolute Gasteiger partial charge is 0.338 e. The minimum absolute atomic E-state index is 0.0401. The Bertz CT molecular complexity index is 933. The van der Waals surface area contributed by atoms with Crippen LogP contribution in [0.1, 0.15) is 31.2 Å². The van der Waals surface area contributed by atoms with Gasteiger partial charge in [0.1, 0.15) is 0 Å². The van der Waals surface area contributed by atoms with Crippen LogP contribution in [0.15, 0.2) is 40.4 Å². The Morgan fingerprint density at radius 1 is 1.21 bits per heavy atom. The molecule has 1 aromatic heterocycles. The molecule has 1 aromatic carbocycles. The summed E-state index contributed by atoms with van der Waals surface area (Å²) in [6.45, 7) is 0.504. The van der Waals surface area contributed by atoms with Gasteiger partial charge in [0.25, 0.3) is 11.7 Å². The summed E-state index contributed by atoms with van der Waals surface area (Å²) in [7, 11) is 0. The van der Waals surface area contributed by atoms with E-state index in [1.165, 1.54) is 24.6 Å². The number of carbonyl (C=O) groups excluding carboxylic acids is 1. The van der Waals surface area contributed by atoms with Gasteiger partial charge in [0.05, 0.1) is 33.3 Å². The number of rotatable bonds is 4. The first kappa shape index (κ1) is 18.7. The predicted octanol–water partition coefficient (Wildman–Crippen LogP) is 5.25. The predicted molar refractivity (Wildman–Crippen MR) is 108 cm³/mol. The highest BCUT2D eigenvalue weighted by Crippen LogP contribution is 2.48. The van der Waals surface area contributed by atoms with E-state index in [4.69, 9.17) is 32.7 Å². The zero-order valence-corrected chi connectivity index (χ0v) is 17.2. The number of carbonyl (C=O) groups is 1. The third-order valence-electron chi connectivity index (χ3n) is 5.29. The number of nitrogens with one attached hydrogen (secondary N) is 1. The van der Waals surface area contributed by atoms with E-state index in [0.717, 1.165) is 28.6 Å². The molecule has 5 rings (SSSR count). The quantitative estimate of drug-likeness (QED) is 0.708. The number of hydrogen-bond acceptors (Lipinski definition) is 5. The van der Waals surface area contributed by atoms with Gasteiger partial charge in [0, 0.05) is 22.9 Å². The molecule has 1 spiro atoms. The fraction of sp³-hybridized carbons (Fsp3) is 0.400. The zero-order valence-electron chi connectivity index (χ0n) is 14.9. The number of halogens is 2. The smallest absolute Gasteiger partial charge is 0.289 e. The van der Waals surface area contributed by atoms with Crippen LogP contribution < -0.4 is 5.32 Å². The first-order chi connectivity index (χ1) is 13.5. The lowest BCUT2D eigenvalue weighted by molar-refractivity contribution is -0.281. The third-order valence-corrected chi connectivity index (χ3v) is 7.22. The summed E-state index contributed by atoms with van der Waals surface area (Å²) in [5.41, 5.74) is 1.43. The van der Waals surface area contributed by atoms with Gasteiger partial charge in [0.15, 0.2) is 0 Å². The van der Waals surface area contributed by atoms with Gasteiger partial charge in [-0.3, -0.25) is 9.78 Å². The Kier molecular flexibility index (Phi) is 4.80. The van der Waals surface area contributed by atoms with Gasteiger partial charge < -0.3 is 14.8 Å². The van der Waals surface area contributed by atoms with Crippen molar-refractivity contribution in [3.63, 3.8) is 0 Å². The van der Waals surface area contributed by atoms with Crippen molar-refractivity contribution < 1.29 is 14.3 Å². The summed E-state index contributed by atoms with van der Waals surface area (Å²) in [6.07, 6.45) is 7.48. The average molecular weight is 437 g/mol. The van der Waals surface area contributed by atoms with Crippen LogP contribution in [0.3, 0.4) is 0 Å². The highest BCUT2D eigenvalue weighted by Gasteiger charge is 2.53. The Labute approximate surface area is 177 Å². The van der Waals surface area contributed by atoms with Crippen LogP contribution in [0, 0.1) is 5.92 Å². The van der Waals surface area contributed by atoms with E-state index in [2.05, 4.69) is 10.3 Å². The van der Waals surface area contributed by atoms with Crippen molar-refractivity contribution in [2.75, 3.05) is 11.9 Å². The van der Waals surface area contributed by atoms with Gasteiger partial charge in [-0.25, -0.2) is 0 Å². The van der Waals surface area contributed by atoms with Crippen LogP contribution in [-0.2, 0) is 20.1 Å². The van der Waals surface area contributed by atoms with Gasteiger partial charge >= 0.3 is 0 Å². The molecule has 2 aromatic rings. The molecule has 0 radical (unpaired) electrons. The second kappa shape index (κ2) is 7.18. The zero-order chi connectivity index (χ0) is 19.3. The fourth-order valence-corrected chi connectivity index (χ4v) is 5.17. The van der Waals surface area contributed by atoms with Crippen LogP contribution in [0.5, 0.6) is 0 Å². The van der Waals surface area contributed by atoms with Crippen LogP contribution in [0.4, 0.5) is 5.69 Å². The minimum atomic E-state index is -1.37. The van der Waals surface area contributed by atoms with Crippen LogP contribution in [0.2, 0.25) is 10.0 Å². The number of amides is 1. The maximum absolute atomic E-state index is 12.8. The van der Waals surface area contributed by atoms with E-state index in [0.29, 0.717) is 27.9 Å². The summed E-state index contributed by atoms with van der Waals surface area (Å²) in [5.74, 6) is -0.901. The topological polar surface area (TPSA) is 60.5 Å². The molecule has 5 nitrogen and oxygen atoms in total. The van der Waals surface area contributed by atoms with E-state index < -0.39 is 5.79 Å². The van der Waals surface area contributed by atoms with Crippen molar-refractivity contribution in [2.24, 2.45) is 5.92 Å². The van der Waals surface area contributed by atoms with E-state index >= 15 is 0 Å². The maximum Gasteiger partial charge on any atom is 0.289 e. The SMILES string of the molecule is O=C1Nc2ccc(Sc3c(Cl)cncc3Cl)cc2[C@]12OCCC(CC1CC1)O2. The molecule has 3 heterocycles. The van der Waals surface area contributed by atoms with Gasteiger partial charge in [-0.05, 0) is 37.0 Å². The van der Waals surface area contributed by atoms with Gasteiger partial charge in [-0.2, -0.15) is 0 Å². The summed E-state index contributed by atoms with van der Waals surface area (Å²) < 4.78 is 12.2. The van der Waals surface area contributed by atoms with Crippen molar-refractivity contribution >= 4 is 46.6 Å². The van der Waals surface area contributed by atoms with Crippen LogP contribution in [-0.4, -0.2) is 23.6 Å². The Balaban J connectivity index is 1.47. The number of hydrogen-bond donors (Lipinski definition) is 1. The normalized spacial score (nSPS) is 26.4. The number of anilines is 1. The Morgan fingerprint density at radius 2 is 2.00 bits per heavy atom. The molecular weight excluding hydrogens is 419 g/mol. The van der Waals surface area contributed by atoms with E-state index in [9.17, 15) is 4.79 Å². The molecule has 1 saturated carbocycles. The van der Waals surface area contributed by atoms with E-state index in [1.54, 1.807) is 12.4 Å². The molecule has 2 aliphatic heterocycles. The average Bonchev–Trinajstić information content (AvgIpc) is 3.45. The lowest BCUT2D eigenvalue weighted by Gasteiger charge is -2.37.